The van der Waals surface area contributed by atoms with E-state index in [0.29, 0.717) is 17.8 Å². The topological polar surface area (TPSA) is 69.0 Å². The Morgan fingerprint density at radius 3 is 2.69 bits per heavy atom. The van der Waals surface area contributed by atoms with Crippen LogP contribution in [0.4, 0.5) is 9.18 Å². The number of halogens is 1. The number of ether oxygens (including phenoxy) is 1. The Hall–Kier alpha value is -3.22. The van der Waals surface area contributed by atoms with Gasteiger partial charge in [0.2, 0.25) is 0 Å². The van der Waals surface area contributed by atoms with Crippen molar-refractivity contribution in [2.75, 3.05) is 6.54 Å². The van der Waals surface area contributed by atoms with Gasteiger partial charge < -0.3 is 10.1 Å². The summed E-state index contributed by atoms with van der Waals surface area (Å²) in [7, 11) is 0. The molecule has 3 rings (SSSR count). The summed E-state index contributed by atoms with van der Waals surface area (Å²) >= 11 is 0. The highest BCUT2D eigenvalue weighted by Crippen LogP contribution is 2.08. The molecule has 0 unspecified atom stereocenters. The van der Waals surface area contributed by atoms with Gasteiger partial charge in [-0.05, 0) is 18.1 Å². The fourth-order valence-electron chi connectivity index (χ4n) is 2.43. The summed E-state index contributed by atoms with van der Waals surface area (Å²) in [5.41, 5.74) is 2.16. The fourth-order valence-corrected chi connectivity index (χ4v) is 2.43. The lowest BCUT2D eigenvalue weighted by Gasteiger charge is -2.05. The van der Waals surface area contributed by atoms with E-state index in [1.54, 1.807) is 24.4 Å². The second-order valence-electron chi connectivity index (χ2n) is 5.74. The maximum Gasteiger partial charge on any atom is 0.407 e. The highest BCUT2D eigenvalue weighted by atomic mass is 19.1. The quantitative estimate of drug-likeness (QED) is 0.708. The Bertz CT molecular complexity index is 852. The van der Waals surface area contributed by atoms with Crippen LogP contribution < -0.4 is 5.32 Å². The maximum absolute atomic E-state index is 13.6. The summed E-state index contributed by atoms with van der Waals surface area (Å²) in [6, 6.07) is 16.3. The first-order valence-electron chi connectivity index (χ1n) is 8.27. The Balaban J connectivity index is 1.41. The predicted molar refractivity (Wildman–Crippen MR) is 93.9 cm³/mol. The van der Waals surface area contributed by atoms with E-state index < -0.39 is 6.09 Å². The SMILES string of the molecule is O=C(NCCc1ccccc1)OCc1cn(Cc2ccccc2F)nn1. The van der Waals surface area contributed by atoms with Crippen LogP contribution in [0.2, 0.25) is 0 Å². The van der Waals surface area contributed by atoms with Crippen LogP contribution in [0.1, 0.15) is 16.8 Å². The Labute approximate surface area is 150 Å². The van der Waals surface area contributed by atoms with Crippen molar-refractivity contribution < 1.29 is 13.9 Å². The molecule has 1 heterocycles. The average molecular weight is 354 g/mol. The second kappa shape index (κ2) is 8.75. The minimum atomic E-state index is -0.510. The van der Waals surface area contributed by atoms with E-state index in [0.717, 1.165) is 12.0 Å². The lowest BCUT2D eigenvalue weighted by Crippen LogP contribution is -2.26. The lowest BCUT2D eigenvalue weighted by molar-refractivity contribution is 0.138. The molecule has 0 radical (unpaired) electrons. The smallest absolute Gasteiger partial charge is 0.407 e. The van der Waals surface area contributed by atoms with Crippen molar-refractivity contribution in [1.82, 2.24) is 20.3 Å². The van der Waals surface area contributed by atoms with Crippen LogP contribution in [0, 0.1) is 5.82 Å². The number of hydrogen-bond acceptors (Lipinski definition) is 4. The van der Waals surface area contributed by atoms with Crippen molar-refractivity contribution in [3.05, 3.63) is 83.4 Å². The molecular formula is C19H19FN4O2. The van der Waals surface area contributed by atoms with Crippen molar-refractivity contribution in [1.29, 1.82) is 0 Å². The summed E-state index contributed by atoms with van der Waals surface area (Å²) in [5.74, 6) is -0.293. The molecule has 1 amide bonds. The van der Waals surface area contributed by atoms with Crippen LogP contribution in [0.3, 0.4) is 0 Å². The first-order valence-corrected chi connectivity index (χ1v) is 8.27. The zero-order valence-corrected chi connectivity index (χ0v) is 14.1. The van der Waals surface area contributed by atoms with Crippen molar-refractivity contribution in [3.63, 3.8) is 0 Å². The van der Waals surface area contributed by atoms with Gasteiger partial charge >= 0.3 is 6.09 Å². The molecule has 0 aliphatic rings. The van der Waals surface area contributed by atoms with E-state index in [2.05, 4.69) is 15.6 Å². The van der Waals surface area contributed by atoms with Crippen LogP contribution in [0.15, 0.2) is 60.8 Å². The third-order valence-corrected chi connectivity index (χ3v) is 3.75. The Kier molecular flexibility index (Phi) is 5.92. The van der Waals surface area contributed by atoms with Crippen molar-refractivity contribution in [3.8, 4) is 0 Å². The molecule has 7 heteroatoms. The number of alkyl carbamates (subject to hydrolysis) is 1. The van der Waals surface area contributed by atoms with E-state index in [1.165, 1.54) is 10.7 Å². The molecule has 1 aromatic heterocycles. The van der Waals surface area contributed by atoms with E-state index in [9.17, 15) is 9.18 Å². The maximum atomic E-state index is 13.6. The fraction of sp³-hybridized carbons (Fsp3) is 0.211. The molecular weight excluding hydrogens is 335 g/mol. The molecule has 0 saturated heterocycles. The van der Waals surface area contributed by atoms with Crippen molar-refractivity contribution in [2.45, 2.75) is 19.6 Å². The van der Waals surface area contributed by atoms with Gasteiger partial charge in [-0.3, -0.25) is 0 Å². The highest BCUT2D eigenvalue weighted by Gasteiger charge is 2.07. The number of aromatic nitrogens is 3. The molecule has 0 spiro atoms. The largest absolute Gasteiger partial charge is 0.443 e. The van der Waals surface area contributed by atoms with Gasteiger partial charge in [0, 0.05) is 12.1 Å². The van der Waals surface area contributed by atoms with Gasteiger partial charge in [0.15, 0.2) is 0 Å². The lowest BCUT2D eigenvalue weighted by atomic mass is 10.1. The number of rotatable bonds is 7. The van der Waals surface area contributed by atoms with Crippen LogP contribution in [0.5, 0.6) is 0 Å². The molecule has 26 heavy (non-hydrogen) atoms. The van der Waals surface area contributed by atoms with E-state index in [-0.39, 0.29) is 19.0 Å². The second-order valence-corrected chi connectivity index (χ2v) is 5.74. The predicted octanol–water partition coefficient (Wildman–Crippen LogP) is 2.93. The van der Waals surface area contributed by atoms with Gasteiger partial charge in [-0.25, -0.2) is 13.9 Å². The standard InChI is InChI=1S/C19H19FN4O2/c20-18-9-5-4-8-16(18)12-24-13-17(22-23-24)14-26-19(25)21-11-10-15-6-2-1-3-7-15/h1-9,13H,10-12,14H2,(H,21,25). The van der Waals surface area contributed by atoms with Crippen LogP contribution in [-0.4, -0.2) is 27.6 Å². The van der Waals surface area contributed by atoms with E-state index in [4.69, 9.17) is 4.74 Å². The first-order chi connectivity index (χ1) is 12.7. The average Bonchev–Trinajstić information content (AvgIpc) is 3.10. The van der Waals surface area contributed by atoms with Gasteiger partial charge in [0.25, 0.3) is 0 Å². The monoisotopic (exact) mass is 354 g/mol. The number of amides is 1. The van der Waals surface area contributed by atoms with Crippen LogP contribution in [-0.2, 0) is 24.3 Å². The molecule has 3 aromatic rings. The number of benzene rings is 2. The van der Waals surface area contributed by atoms with E-state index >= 15 is 0 Å². The normalized spacial score (nSPS) is 10.5. The van der Waals surface area contributed by atoms with Gasteiger partial charge in [0.1, 0.15) is 18.1 Å². The van der Waals surface area contributed by atoms with Crippen LogP contribution in [0.25, 0.3) is 0 Å². The summed E-state index contributed by atoms with van der Waals surface area (Å²) in [6.07, 6.45) is 1.85. The molecule has 0 saturated carbocycles. The molecule has 1 N–H and O–H groups in total. The first kappa shape index (κ1) is 17.6. The number of carbonyl (C=O) groups is 1. The van der Waals surface area contributed by atoms with E-state index in [1.807, 2.05) is 30.3 Å². The minimum absolute atomic E-state index is 0.00838. The molecule has 134 valence electrons. The van der Waals surface area contributed by atoms with Gasteiger partial charge in [-0.15, -0.1) is 5.10 Å². The third-order valence-electron chi connectivity index (χ3n) is 3.75. The molecule has 2 aromatic carbocycles. The molecule has 0 fully saturated rings. The number of nitrogens with zero attached hydrogens (tertiary/aromatic N) is 3. The molecule has 0 aliphatic heterocycles. The van der Waals surface area contributed by atoms with Gasteiger partial charge in [-0.1, -0.05) is 53.7 Å². The highest BCUT2D eigenvalue weighted by molar-refractivity contribution is 5.67. The third kappa shape index (κ3) is 5.14. The molecule has 0 bridgehead atoms. The van der Waals surface area contributed by atoms with Crippen molar-refractivity contribution >= 4 is 6.09 Å². The molecule has 0 aliphatic carbocycles. The minimum Gasteiger partial charge on any atom is -0.443 e. The van der Waals surface area contributed by atoms with Crippen molar-refractivity contribution in [2.24, 2.45) is 0 Å². The Morgan fingerprint density at radius 2 is 1.88 bits per heavy atom. The summed E-state index contributed by atoms with van der Waals surface area (Å²) in [6.45, 7) is 0.764. The summed E-state index contributed by atoms with van der Waals surface area (Å²) in [4.78, 5) is 11.7. The van der Waals surface area contributed by atoms with Gasteiger partial charge in [-0.2, -0.15) is 0 Å². The summed E-state index contributed by atoms with van der Waals surface area (Å²) < 4.78 is 20.3. The number of hydrogen-bond donors (Lipinski definition) is 1. The zero-order valence-electron chi connectivity index (χ0n) is 14.1. The number of carbonyl (C=O) groups excluding carboxylic acids is 1. The molecule has 0 atom stereocenters. The van der Waals surface area contributed by atoms with Crippen LogP contribution >= 0.6 is 0 Å². The number of nitrogens with one attached hydrogen (secondary N) is 1. The summed E-state index contributed by atoms with van der Waals surface area (Å²) in [5, 5.41) is 10.5. The zero-order chi connectivity index (χ0) is 18.2. The van der Waals surface area contributed by atoms with Gasteiger partial charge in [0.05, 0.1) is 12.7 Å². The molecule has 6 nitrogen and oxygen atoms in total. The Morgan fingerprint density at radius 1 is 1.12 bits per heavy atom.